The molecular formula is C21H18N4O. The topological polar surface area (TPSA) is 76.7 Å². The predicted molar refractivity (Wildman–Crippen MR) is 106 cm³/mol. The molecule has 0 fully saturated rings. The van der Waals surface area contributed by atoms with Gasteiger partial charge in [0.25, 0.3) is 5.56 Å². The number of benzene rings is 2. The van der Waals surface area contributed by atoms with E-state index in [2.05, 4.69) is 16.8 Å². The third-order valence-electron chi connectivity index (χ3n) is 4.52. The molecule has 0 aliphatic carbocycles. The first-order valence-corrected chi connectivity index (χ1v) is 8.30. The highest BCUT2D eigenvalue weighted by Gasteiger charge is 2.07. The highest BCUT2D eigenvalue weighted by Crippen LogP contribution is 2.25. The van der Waals surface area contributed by atoms with Gasteiger partial charge in [-0.3, -0.25) is 9.89 Å². The van der Waals surface area contributed by atoms with Crippen molar-refractivity contribution in [2.75, 3.05) is 5.73 Å². The average Bonchev–Trinajstić information content (AvgIpc) is 3.04. The van der Waals surface area contributed by atoms with E-state index >= 15 is 0 Å². The van der Waals surface area contributed by atoms with Gasteiger partial charge in [-0.25, -0.2) is 0 Å². The molecule has 0 amide bonds. The van der Waals surface area contributed by atoms with Crippen molar-refractivity contribution < 1.29 is 0 Å². The van der Waals surface area contributed by atoms with E-state index in [-0.39, 0.29) is 5.56 Å². The largest absolute Gasteiger partial charge is 0.382 e. The van der Waals surface area contributed by atoms with Crippen molar-refractivity contribution in [2.45, 2.75) is 6.54 Å². The van der Waals surface area contributed by atoms with Crippen molar-refractivity contribution in [3.05, 3.63) is 88.9 Å². The summed E-state index contributed by atoms with van der Waals surface area (Å²) in [5, 5.41) is 7.84. The fraction of sp³-hybridized carbons (Fsp3) is 0.0476. The molecule has 0 saturated heterocycles. The third kappa shape index (κ3) is 2.80. The Morgan fingerprint density at radius 3 is 2.77 bits per heavy atom. The summed E-state index contributed by atoms with van der Waals surface area (Å²) in [6.07, 6.45) is 3.68. The fourth-order valence-corrected chi connectivity index (χ4v) is 3.11. The maximum atomic E-state index is 12.3. The van der Waals surface area contributed by atoms with Gasteiger partial charge >= 0.3 is 0 Å². The van der Waals surface area contributed by atoms with Gasteiger partial charge in [-0.1, -0.05) is 43.0 Å². The summed E-state index contributed by atoms with van der Waals surface area (Å²) >= 11 is 0. The quantitative estimate of drug-likeness (QED) is 0.594. The molecule has 0 radical (unpaired) electrons. The molecule has 0 atom stereocenters. The van der Waals surface area contributed by atoms with Gasteiger partial charge < -0.3 is 10.3 Å². The van der Waals surface area contributed by atoms with Crippen LogP contribution in [0.15, 0.2) is 72.2 Å². The van der Waals surface area contributed by atoms with E-state index in [9.17, 15) is 4.79 Å². The Balaban J connectivity index is 1.75. The Bertz CT molecular complexity index is 1170. The van der Waals surface area contributed by atoms with Crippen molar-refractivity contribution in [1.82, 2.24) is 14.8 Å². The number of hydrogen-bond acceptors (Lipinski definition) is 3. The molecule has 2 aromatic carbocycles. The monoisotopic (exact) mass is 342 g/mol. The molecule has 4 aromatic rings. The number of aromatic amines is 1. The maximum absolute atomic E-state index is 12.3. The van der Waals surface area contributed by atoms with Crippen LogP contribution in [0.5, 0.6) is 0 Å². The smallest absolute Gasteiger partial charge is 0.250 e. The van der Waals surface area contributed by atoms with E-state index in [0.29, 0.717) is 12.4 Å². The highest BCUT2D eigenvalue weighted by molar-refractivity contribution is 5.91. The third-order valence-corrected chi connectivity index (χ3v) is 4.52. The molecule has 2 heterocycles. The molecule has 0 aliphatic rings. The summed E-state index contributed by atoms with van der Waals surface area (Å²) < 4.78 is 1.71. The van der Waals surface area contributed by atoms with E-state index in [1.807, 2.05) is 54.7 Å². The number of nitrogens with two attached hydrogens (primary N) is 1. The maximum Gasteiger partial charge on any atom is 0.250 e. The van der Waals surface area contributed by atoms with E-state index in [4.69, 9.17) is 5.73 Å². The lowest BCUT2D eigenvalue weighted by Crippen LogP contribution is -2.19. The summed E-state index contributed by atoms with van der Waals surface area (Å²) in [4.78, 5) is 12.3. The first-order chi connectivity index (χ1) is 12.7. The second-order valence-electron chi connectivity index (χ2n) is 6.16. The van der Waals surface area contributed by atoms with Crippen LogP contribution in [0.2, 0.25) is 0 Å². The number of H-pyrrole nitrogens is 1. The normalized spacial score (nSPS) is 10.9. The van der Waals surface area contributed by atoms with Gasteiger partial charge in [-0.15, -0.1) is 0 Å². The molecule has 0 unspecified atom stereocenters. The Morgan fingerprint density at radius 1 is 1.12 bits per heavy atom. The molecule has 3 N–H and O–H groups in total. The van der Waals surface area contributed by atoms with E-state index in [0.717, 1.165) is 33.2 Å². The van der Waals surface area contributed by atoms with Gasteiger partial charge in [-0.05, 0) is 40.5 Å². The summed E-state index contributed by atoms with van der Waals surface area (Å²) in [7, 11) is 0. The molecule has 5 heteroatoms. The SMILES string of the molecule is C=Cc1ccccc1Cn1cc(-c2ccc3c(N)n[nH]c3c2)ccc1=O. The zero-order valence-electron chi connectivity index (χ0n) is 14.1. The fourth-order valence-electron chi connectivity index (χ4n) is 3.11. The number of anilines is 1. The summed E-state index contributed by atoms with van der Waals surface area (Å²) in [5.74, 6) is 0.484. The predicted octanol–water partition coefficient (Wildman–Crippen LogP) is 3.67. The number of aromatic nitrogens is 3. The van der Waals surface area contributed by atoms with Crippen LogP contribution in [-0.4, -0.2) is 14.8 Å². The van der Waals surface area contributed by atoms with Crippen LogP contribution in [0.4, 0.5) is 5.82 Å². The van der Waals surface area contributed by atoms with Gasteiger partial charge in [-0.2, -0.15) is 5.10 Å². The van der Waals surface area contributed by atoms with Gasteiger partial charge in [0, 0.05) is 17.6 Å². The molecule has 0 aliphatic heterocycles. The van der Waals surface area contributed by atoms with Crippen molar-refractivity contribution in [3.8, 4) is 11.1 Å². The van der Waals surface area contributed by atoms with Gasteiger partial charge in [0.15, 0.2) is 5.82 Å². The molecule has 0 spiro atoms. The van der Waals surface area contributed by atoms with Gasteiger partial charge in [0.1, 0.15) is 0 Å². The summed E-state index contributed by atoms with van der Waals surface area (Å²) in [6.45, 7) is 4.34. The van der Waals surface area contributed by atoms with Crippen LogP contribution in [0.1, 0.15) is 11.1 Å². The van der Waals surface area contributed by atoms with E-state index in [1.54, 1.807) is 16.7 Å². The zero-order chi connectivity index (χ0) is 18.1. The van der Waals surface area contributed by atoms with Crippen molar-refractivity contribution in [1.29, 1.82) is 0 Å². The Morgan fingerprint density at radius 2 is 1.92 bits per heavy atom. The number of hydrogen-bond donors (Lipinski definition) is 2. The van der Waals surface area contributed by atoms with Crippen LogP contribution in [-0.2, 0) is 6.54 Å². The highest BCUT2D eigenvalue weighted by atomic mass is 16.1. The van der Waals surface area contributed by atoms with Crippen molar-refractivity contribution in [3.63, 3.8) is 0 Å². The van der Waals surface area contributed by atoms with Crippen LogP contribution in [0.3, 0.4) is 0 Å². The zero-order valence-corrected chi connectivity index (χ0v) is 14.1. The van der Waals surface area contributed by atoms with Crippen molar-refractivity contribution in [2.24, 2.45) is 0 Å². The first-order valence-electron chi connectivity index (χ1n) is 8.30. The minimum Gasteiger partial charge on any atom is -0.382 e. The number of nitrogen functional groups attached to an aromatic ring is 1. The Kier molecular flexibility index (Phi) is 3.89. The number of nitrogens with one attached hydrogen (secondary N) is 1. The molecule has 0 bridgehead atoms. The molecule has 2 aromatic heterocycles. The summed E-state index contributed by atoms with van der Waals surface area (Å²) in [6, 6.07) is 17.3. The Labute approximate surface area is 150 Å². The Hall–Kier alpha value is -3.60. The van der Waals surface area contributed by atoms with Gasteiger partial charge in [0.2, 0.25) is 0 Å². The molecule has 5 nitrogen and oxygen atoms in total. The molecule has 128 valence electrons. The average molecular weight is 342 g/mol. The number of fused-ring (bicyclic) bond motifs is 1. The lowest BCUT2D eigenvalue weighted by molar-refractivity contribution is 0.760. The first kappa shape index (κ1) is 15.9. The molecular weight excluding hydrogens is 324 g/mol. The second-order valence-corrected chi connectivity index (χ2v) is 6.16. The van der Waals surface area contributed by atoms with Gasteiger partial charge in [0.05, 0.1) is 12.1 Å². The minimum absolute atomic E-state index is 0.0421. The number of rotatable bonds is 4. The molecule has 4 rings (SSSR count). The summed E-state index contributed by atoms with van der Waals surface area (Å²) in [5.41, 5.74) is 10.7. The lowest BCUT2D eigenvalue weighted by Gasteiger charge is -2.11. The number of pyridine rings is 1. The lowest BCUT2D eigenvalue weighted by atomic mass is 10.1. The minimum atomic E-state index is -0.0421. The van der Waals surface area contributed by atoms with Crippen LogP contribution in [0.25, 0.3) is 28.1 Å². The second kappa shape index (κ2) is 6.37. The standard InChI is InChI=1S/C21H18N4O/c1-2-14-5-3-4-6-16(14)12-25-13-17(8-10-20(25)26)15-7-9-18-19(11-15)23-24-21(18)22/h2-11,13H,1,12H2,(H3,22,23,24). The molecule has 26 heavy (non-hydrogen) atoms. The van der Waals surface area contributed by atoms with E-state index in [1.165, 1.54) is 0 Å². The van der Waals surface area contributed by atoms with Crippen LogP contribution < -0.4 is 11.3 Å². The number of nitrogens with zero attached hydrogens (tertiary/aromatic N) is 2. The molecule has 0 saturated carbocycles. The van der Waals surface area contributed by atoms with Crippen LogP contribution >= 0.6 is 0 Å². The van der Waals surface area contributed by atoms with E-state index < -0.39 is 0 Å². The van der Waals surface area contributed by atoms with Crippen LogP contribution in [0, 0.1) is 0 Å². The van der Waals surface area contributed by atoms with Crippen molar-refractivity contribution >= 4 is 22.8 Å².